The fraction of sp³-hybridized carbons (Fsp3) is 0.833. The molecule has 0 aliphatic carbocycles. The summed E-state index contributed by atoms with van der Waals surface area (Å²) in [6.45, 7) is 6.88. The molecular weight excluding hydrogens is 268 g/mol. The van der Waals surface area contributed by atoms with E-state index in [1.165, 1.54) is 5.37 Å². The molecule has 0 spiro atoms. The van der Waals surface area contributed by atoms with Gasteiger partial charge in [0.05, 0.1) is 24.3 Å². The molecule has 0 fully saturated rings. The monoisotopic (exact) mass is 292 g/mol. The molecule has 0 aliphatic rings. The summed E-state index contributed by atoms with van der Waals surface area (Å²) in [5.74, 6) is 0.154. The predicted octanol–water partition coefficient (Wildman–Crippen LogP) is 0.300. The zero-order chi connectivity index (χ0) is 14.1. The van der Waals surface area contributed by atoms with Crippen LogP contribution in [0.5, 0.6) is 0 Å². The lowest BCUT2D eigenvalue weighted by atomic mass is 10.0. The Labute approximate surface area is 120 Å². The maximum absolute atomic E-state index is 9.89. The third kappa shape index (κ3) is 6.82. The Hall–Kier alpha value is 0.0200. The number of thiocarbonyl (C=S) groups is 2. The first kappa shape index (κ1) is 18.0. The predicted molar refractivity (Wildman–Crippen MR) is 83.4 cm³/mol. The molecule has 106 valence electrons. The Kier molecular flexibility index (Phi) is 9.90. The summed E-state index contributed by atoms with van der Waals surface area (Å²) < 4.78 is 0. The van der Waals surface area contributed by atoms with Crippen LogP contribution in [0.25, 0.3) is 0 Å². The van der Waals surface area contributed by atoms with Crippen LogP contribution >= 0.6 is 24.4 Å². The van der Waals surface area contributed by atoms with E-state index in [9.17, 15) is 10.2 Å². The smallest absolute Gasteiger partial charge is 0.0760 e. The van der Waals surface area contributed by atoms with Crippen LogP contribution in [-0.2, 0) is 0 Å². The summed E-state index contributed by atoms with van der Waals surface area (Å²) in [6.07, 6.45) is -0.995. The molecule has 18 heavy (non-hydrogen) atoms. The average molecular weight is 292 g/mol. The molecular formula is C12H24N2O2S2. The SMILES string of the molecule is CC(C)C(O)C(C=S)NCCNC(C=S)C(C)O. The zero-order valence-corrected chi connectivity index (χ0v) is 12.8. The summed E-state index contributed by atoms with van der Waals surface area (Å²) >= 11 is 9.72. The molecule has 0 aromatic carbocycles. The number of hydrogen-bond acceptors (Lipinski definition) is 6. The molecule has 0 bridgehead atoms. The summed E-state index contributed by atoms with van der Waals surface area (Å²) in [6, 6.07) is -0.387. The van der Waals surface area contributed by atoms with E-state index in [4.69, 9.17) is 24.4 Å². The van der Waals surface area contributed by atoms with E-state index in [-0.39, 0.29) is 18.0 Å². The number of nitrogens with one attached hydrogen (secondary N) is 2. The molecule has 4 N–H and O–H groups in total. The van der Waals surface area contributed by atoms with Crippen molar-refractivity contribution in [2.45, 2.75) is 45.1 Å². The van der Waals surface area contributed by atoms with Gasteiger partial charge in [-0.05, 0) is 23.6 Å². The van der Waals surface area contributed by atoms with Crippen LogP contribution < -0.4 is 10.6 Å². The highest BCUT2D eigenvalue weighted by molar-refractivity contribution is 7.79. The van der Waals surface area contributed by atoms with Crippen molar-refractivity contribution in [1.82, 2.24) is 10.6 Å². The van der Waals surface area contributed by atoms with Crippen molar-refractivity contribution in [2.75, 3.05) is 13.1 Å². The van der Waals surface area contributed by atoms with Crippen molar-refractivity contribution in [3.63, 3.8) is 0 Å². The topological polar surface area (TPSA) is 64.5 Å². The lowest BCUT2D eigenvalue weighted by Crippen LogP contribution is -2.48. The number of hydrogen-bond donors (Lipinski definition) is 4. The summed E-state index contributed by atoms with van der Waals surface area (Å²) in [4.78, 5) is 0. The summed E-state index contributed by atoms with van der Waals surface area (Å²) in [7, 11) is 0. The van der Waals surface area contributed by atoms with E-state index in [2.05, 4.69) is 10.6 Å². The molecule has 4 unspecified atom stereocenters. The minimum Gasteiger partial charge on any atom is -0.391 e. The number of aliphatic hydroxyl groups is 2. The van der Waals surface area contributed by atoms with Gasteiger partial charge in [-0.2, -0.15) is 0 Å². The van der Waals surface area contributed by atoms with Gasteiger partial charge in [-0.3, -0.25) is 0 Å². The first-order valence-electron chi connectivity index (χ1n) is 6.17. The third-order valence-electron chi connectivity index (χ3n) is 2.75. The molecule has 0 amide bonds. The van der Waals surface area contributed by atoms with E-state index < -0.39 is 12.2 Å². The molecule has 0 saturated carbocycles. The van der Waals surface area contributed by atoms with Gasteiger partial charge in [0.25, 0.3) is 0 Å². The lowest BCUT2D eigenvalue weighted by molar-refractivity contribution is 0.108. The Morgan fingerprint density at radius 1 is 0.944 bits per heavy atom. The molecule has 4 atom stereocenters. The molecule has 0 heterocycles. The Balaban J connectivity index is 3.94. The highest BCUT2D eigenvalue weighted by Gasteiger charge is 2.19. The van der Waals surface area contributed by atoms with Crippen LogP contribution in [0, 0.1) is 5.92 Å². The van der Waals surface area contributed by atoms with Gasteiger partial charge in [0.2, 0.25) is 0 Å². The Bertz CT molecular complexity index is 250. The van der Waals surface area contributed by atoms with Crippen LogP contribution in [0.2, 0.25) is 0 Å². The normalized spacial score (nSPS) is 18.1. The van der Waals surface area contributed by atoms with Crippen molar-refractivity contribution in [1.29, 1.82) is 0 Å². The minimum absolute atomic E-state index is 0.154. The van der Waals surface area contributed by atoms with Crippen molar-refractivity contribution < 1.29 is 10.2 Å². The van der Waals surface area contributed by atoms with E-state index >= 15 is 0 Å². The third-order valence-corrected chi connectivity index (χ3v) is 3.34. The van der Waals surface area contributed by atoms with Crippen molar-refractivity contribution in [3.05, 3.63) is 0 Å². The molecule has 0 aliphatic heterocycles. The second-order valence-corrected chi connectivity index (χ2v) is 5.25. The number of aliphatic hydroxyl groups excluding tert-OH is 2. The maximum Gasteiger partial charge on any atom is 0.0760 e. The molecule has 4 nitrogen and oxygen atoms in total. The van der Waals surface area contributed by atoms with Crippen molar-refractivity contribution in [2.24, 2.45) is 5.92 Å². The zero-order valence-electron chi connectivity index (χ0n) is 11.2. The van der Waals surface area contributed by atoms with Gasteiger partial charge >= 0.3 is 0 Å². The Morgan fingerprint density at radius 3 is 1.72 bits per heavy atom. The quantitative estimate of drug-likeness (QED) is 0.343. The molecule has 0 aromatic rings. The first-order chi connectivity index (χ1) is 8.43. The Morgan fingerprint density at radius 2 is 1.39 bits per heavy atom. The standard InChI is InChI=1S/C12H24N2O2S2/c1-8(2)12(16)11(7-18)14-5-4-13-10(6-17)9(3)15/h6-16H,4-5H2,1-3H3. The molecule has 6 heteroatoms. The van der Waals surface area contributed by atoms with Gasteiger partial charge in [-0.15, -0.1) is 0 Å². The summed E-state index contributed by atoms with van der Waals surface area (Å²) in [5.41, 5.74) is 0. The molecule has 0 rings (SSSR count). The van der Waals surface area contributed by atoms with Crippen molar-refractivity contribution in [3.8, 4) is 0 Å². The van der Waals surface area contributed by atoms with Gasteiger partial charge in [0.15, 0.2) is 0 Å². The van der Waals surface area contributed by atoms with Crippen molar-refractivity contribution >= 4 is 35.2 Å². The van der Waals surface area contributed by atoms with E-state index in [1.807, 2.05) is 13.8 Å². The van der Waals surface area contributed by atoms with Gasteiger partial charge in [0, 0.05) is 13.1 Å². The van der Waals surface area contributed by atoms with E-state index in [0.29, 0.717) is 13.1 Å². The highest BCUT2D eigenvalue weighted by Crippen LogP contribution is 2.04. The van der Waals surface area contributed by atoms with Crippen LogP contribution in [0.4, 0.5) is 0 Å². The second kappa shape index (κ2) is 9.89. The fourth-order valence-corrected chi connectivity index (χ4v) is 2.05. The van der Waals surface area contributed by atoms with Crippen LogP contribution in [0.15, 0.2) is 0 Å². The minimum atomic E-state index is -0.509. The van der Waals surface area contributed by atoms with Gasteiger partial charge in [-0.25, -0.2) is 0 Å². The maximum atomic E-state index is 9.89. The largest absolute Gasteiger partial charge is 0.391 e. The average Bonchev–Trinajstić information content (AvgIpc) is 2.32. The van der Waals surface area contributed by atoms with Gasteiger partial charge in [-0.1, -0.05) is 38.3 Å². The van der Waals surface area contributed by atoms with Gasteiger partial charge < -0.3 is 20.8 Å². The fourth-order valence-electron chi connectivity index (χ4n) is 1.47. The number of rotatable bonds is 10. The van der Waals surface area contributed by atoms with Crippen LogP contribution in [0.1, 0.15) is 20.8 Å². The lowest BCUT2D eigenvalue weighted by Gasteiger charge is -2.24. The van der Waals surface area contributed by atoms with E-state index in [1.54, 1.807) is 12.3 Å². The molecule has 0 aromatic heterocycles. The van der Waals surface area contributed by atoms with Crippen LogP contribution in [-0.4, -0.2) is 58.3 Å². The second-order valence-electron chi connectivity index (χ2n) is 4.71. The highest BCUT2D eigenvalue weighted by atomic mass is 32.1. The van der Waals surface area contributed by atoms with E-state index in [0.717, 1.165) is 0 Å². The van der Waals surface area contributed by atoms with Gasteiger partial charge in [0.1, 0.15) is 0 Å². The first-order valence-corrected chi connectivity index (χ1v) is 7.11. The molecule has 0 saturated heterocycles. The molecule has 0 radical (unpaired) electrons. The summed E-state index contributed by atoms with van der Waals surface area (Å²) in [5, 5.41) is 28.6. The van der Waals surface area contributed by atoms with Crippen LogP contribution in [0.3, 0.4) is 0 Å².